The smallest absolute Gasteiger partial charge is 0.209 e. The van der Waals surface area contributed by atoms with Crippen molar-refractivity contribution in [2.45, 2.75) is 13.3 Å². The lowest BCUT2D eigenvalue weighted by Gasteiger charge is -2.15. The highest BCUT2D eigenvalue weighted by Crippen LogP contribution is 2.30. The van der Waals surface area contributed by atoms with Crippen LogP contribution in [0.25, 0.3) is 16.9 Å². The molecule has 0 fully saturated rings. The Labute approximate surface area is 184 Å². The lowest BCUT2D eigenvalue weighted by atomic mass is 10.0. The fraction of sp³-hybridized carbons (Fsp3) is 0.182. The molecular weight excluding hydrogens is 419 g/mol. The molecule has 0 radical (unpaired) electrons. The number of hydrogen-bond acceptors (Lipinski definition) is 5. The molecule has 0 aliphatic rings. The van der Waals surface area contributed by atoms with Crippen LogP contribution >= 0.6 is 23.2 Å². The molecular formula is C22H18Cl2N6. The van der Waals surface area contributed by atoms with Crippen molar-refractivity contribution < 1.29 is 0 Å². The summed E-state index contributed by atoms with van der Waals surface area (Å²) in [6.07, 6.45) is 5.99. The van der Waals surface area contributed by atoms with Crippen LogP contribution in [-0.2, 0) is 6.42 Å². The zero-order valence-electron chi connectivity index (χ0n) is 16.2. The van der Waals surface area contributed by atoms with Crippen LogP contribution < -0.4 is 5.32 Å². The molecule has 4 aromatic rings. The van der Waals surface area contributed by atoms with Crippen LogP contribution in [0.15, 0.2) is 55.0 Å². The fourth-order valence-electron chi connectivity index (χ4n) is 3.19. The van der Waals surface area contributed by atoms with Crippen molar-refractivity contribution in [2.75, 3.05) is 11.9 Å². The number of nitrogens with one attached hydrogen (secondary N) is 1. The predicted octanol–water partition coefficient (Wildman–Crippen LogP) is 5.26. The van der Waals surface area contributed by atoms with E-state index in [-0.39, 0.29) is 0 Å². The number of pyridine rings is 1. The SMILES string of the molecule is CC(CNc1nc(-c2ccc(Cl)cc2Cl)cc2nccn12)Cc1ccc(C#N)cn1. The molecule has 6 nitrogen and oxygen atoms in total. The number of anilines is 1. The van der Waals surface area contributed by atoms with Gasteiger partial charge in [0.05, 0.1) is 16.3 Å². The summed E-state index contributed by atoms with van der Waals surface area (Å²) in [7, 11) is 0. The Morgan fingerprint density at radius 1 is 1.17 bits per heavy atom. The van der Waals surface area contributed by atoms with E-state index in [0.717, 1.165) is 29.0 Å². The van der Waals surface area contributed by atoms with Gasteiger partial charge in [-0.15, -0.1) is 0 Å². The first-order chi connectivity index (χ1) is 14.5. The molecule has 0 aliphatic carbocycles. The Balaban J connectivity index is 1.54. The molecule has 4 rings (SSSR count). The largest absolute Gasteiger partial charge is 0.355 e. The maximum atomic E-state index is 8.90. The first kappa shape index (κ1) is 20.1. The summed E-state index contributed by atoms with van der Waals surface area (Å²) in [6.45, 7) is 2.83. The molecule has 0 spiro atoms. The maximum absolute atomic E-state index is 8.90. The average molecular weight is 437 g/mol. The lowest BCUT2D eigenvalue weighted by molar-refractivity contribution is 0.599. The van der Waals surface area contributed by atoms with Crippen LogP contribution in [0.5, 0.6) is 0 Å². The number of hydrogen-bond donors (Lipinski definition) is 1. The van der Waals surface area contributed by atoms with Gasteiger partial charge >= 0.3 is 0 Å². The van der Waals surface area contributed by atoms with Crippen molar-refractivity contribution >= 4 is 34.8 Å². The number of imidazole rings is 1. The van der Waals surface area contributed by atoms with E-state index >= 15 is 0 Å². The Bertz CT molecular complexity index is 1230. The quantitative estimate of drug-likeness (QED) is 0.445. The summed E-state index contributed by atoms with van der Waals surface area (Å²) >= 11 is 12.4. The molecule has 1 unspecified atom stereocenters. The van der Waals surface area contributed by atoms with Crippen LogP contribution in [-0.4, -0.2) is 25.9 Å². The van der Waals surface area contributed by atoms with Crippen LogP contribution in [0.1, 0.15) is 18.2 Å². The zero-order chi connectivity index (χ0) is 21.1. The summed E-state index contributed by atoms with van der Waals surface area (Å²) < 4.78 is 1.90. The van der Waals surface area contributed by atoms with Gasteiger partial charge in [-0.05, 0) is 42.7 Å². The second-order valence-corrected chi connectivity index (χ2v) is 7.93. The molecule has 0 saturated carbocycles. The van der Waals surface area contributed by atoms with Gasteiger partial charge in [0.15, 0.2) is 0 Å². The summed E-state index contributed by atoms with van der Waals surface area (Å²) in [5.74, 6) is 0.985. The number of aromatic nitrogens is 4. The van der Waals surface area contributed by atoms with Gasteiger partial charge in [0.2, 0.25) is 5.95 Å². The van der Waals surface area contributed by atoms with Crippen molar-refractivity contribution in [1.29, 1.82) is 5.26 Å². The summed E-state index contributed by atoms with van der Waals surface area (Å²) in [6, 6.07) is 13.0. The molecule has 0 bridgehead atoms. The zero-order valence-corrected chi connectivity index (χ0v) is 17.7. The number of halogens is 2. The highest BCUT2D eigenvalue weighted by molar-refractivity contribution is 6.36. The second-order valence-electron chi connectivity index (χ2n) is 7.08. The highest BCUT2D eigenvalue weighted by atomic mass is 35.5. The van der Waals surface area contributed by atoms with Gasteiger partial charge in [0, 0.05) is 47.5 Å². The van der Waals surface area contributed by atoms with Gasteiger partial charge in [-0.1, -0.05) is 30.1 Å². The monoisotopic (exact) mass is 436 g/mol. The normalized spacial score (nSPS) is 11.9. The van der Waals surface area contributed by atoms with Crippen LogP contribution in [0.2, 0.25) is 10.0 Å². The van der Waals surface area contributed by atoms with E-state index in [1.165, 1.54) is 0 Å². The minimum atomic E-state index is 0.300. The third-order valence-corrected chi connectivity index (χ3v) is 5.26. The Morgan fingerprint density at radius 3 is 2.77 bits per heavy atom. The molecule has 30 heavy (non-hydrogen) atoms. The van der Waals surface area contributed by atoms with Gasteiger partial charge in [0.1, 0.15) is 11.7 Å². The number of fused-ring (bicyclic) bond motifs is 1. The van der Waals surface area contributed by atoms with Crippen molar-refractivity contribution in [3.63, 3.8) is 0 Å². The van der Waals surface area contributed by atoms with E-state index in [2.05, 4.69) is 28.3 Å². The first-order valence-electron chi connectivity index (χ1n) is 9.42. The fourth-order valence-corrected chi connectivity index (χ4v) is 3.69. The van der Waals surface area contributed by atoms with Crippen molar-refractivity contribution in [2.24, 2.45) is 5.92 Å². The second kappa shape index (κ2) is 8.70. The number of nitrogens with zero attached hydrogens (tertiary/aromatic N) is 5. The first-order valence-corrected chi connectivity index (χ1v) is 10.2. The number of nitriles is 1. The van der Waals surface area contributed by atoms with Crippen molar-refractivity contribution in [3.05, 3.63) is 76.3 Å². The number of benzene rings is 1. The lowest BCUT2D eigenvalue weighted by Crippen LogP contribution is -2.17. The molecule has 3 heterocycles. The van der Waals surface area contributed by atoms with Gasteiger partial charge < -0.3 is 5.32 Å². The molecule has 1 atom stereocenters. The van der Waals surface area contributed by atoms with Crippen molar-refractivity contribution in [3.8, 4) is 17.3 Å². The summed E-state index contributed by atoms with van der Waals surface area (Å²) in [4.78, 5) is 13.5. The van der Waals surface area contributed by atoms with E-state index in [1.54, 1.807) is 30.6 Å². The third kappa shape index (κ3) is 4.38. The topological polar surface area (TPSA) is 78.9 Å². The van der Waals surface area contributed by atoms with Gasteiger partial charge in [-0.3, -0.25) is 9.38 Å². The van der Waals surface area contributed by atoms with Crippen LogP contribution in [0.3, 0.4) is 0 Å². The molecule has 1 aromatic carbocycles. The Hall–Kier alpha value is -3.14. The maximum Gasteiger partial charge on any atom is 0.209 e. The van der Waals surface area contributed by atoms with Crippen LogP contribution in [0, 0.1) is 17.2 Å². The predicted molar refractivity (Wildman–Crippen MR) is 119 cm³/mol. The molecule has 0 aliphatic heterocycles. The Kier molecular flexibility index (Phi) is 5.84. The molecule has 3 aromatic heterocycles. The van der Waals surface area contributed by atoms with E-state index in [9.17, 15) is 0 Å². The molecule has 0 amide bonds. The number of rotatable bonds is 6. The van der Waals surface area contributed by atoms with Gasteiger partial charge in [-0.25, -0.2) is 9.97 Å². The Morgan fingerprint density at radius 2 is 2.03 bits per heavy atom. The van der Waals surface area contributed by atoms with E-state index in [0.29, 0.717) is 34.0 Å². The summed E-state index contributed by atoms with van der Waals surface area (Å²) in [5, 5.41) is 13.4. The van der Waals surface area contributed by atoms with E-state index < -0.39 is 0 Å². The van der Waals surface area contributed by atoms with Crippen molar-refractivity contribution in [1.82, 2.24) is 19.4 Å². The van der Waals surface area contributed by atoms with Gasteiger partial charge in [0.25, 0.3) is 0 Å². The minimum absolute atomic E-state index is 0.300. The van der Waals surface area contributed by atoms with Crippen LogP contribution in [0.4, 0.5) is 5.95 Å². The molecule has 150 valence electrons. The molecule has 1 N–H and O–H groups in total. The average Bonchev–Trinajstić information content (AvgIpc) is 3.21. The highest BCUT2D eigenvalue weighted by Gasteiger charge is 2.13. The third-order valence-electron chi connectivity index (χ3n) is 4.72. The molecule has 0 saturated heterocycles. The molecule has 8 heteroatoms. The van der Waals surface area contributed by atoms with E-state index in [1.807, 2.05) is 28.8 Å². The minimum Gasteiger partial charge on any atom is -0.355 e. The standard InChI is InChI=1S/C22H18Cl2N6/c1-14(8-17-4-2-15(11-25)13-27-17)12-28-22-29-20(10-21-26-6-7-30(21)22)18-5-3-16(23)9-19(18)24/h2-7,9-10,13-14H,8,12H2,1H3,(H,28,29). The van der Waals surface area contributed by atoms with Gasteiger partial charge in [-0.2, -0.15) is 5.26 Å². The van der Waals surface area contributed by atoms with E-state index in [4.69, 9.17) is 33.4 Å². The summed E-state index contributed by atoms with van der Waals surface area (Å²) in [5.41, 5.74) is 3.80.